The topological polar surface area (TPSA) is 32.3 Å². The van der Waals surface area contributed by atoms with Gasteiger partial charge in [-0.1, -0.05) is 20.8 Å². The van der Waals surface area contributed by atoms with Crippen LogP contribution in [0, 0.1) is 5.41 Å². The molecule has 2 aliphatic rings. The van der Waals surface area contributed by atoms with Crippen molar-refractivity contribution < 1.29 is 4.79 Å². The quantitative estimate of drug-likeness (QED) is 0.839. The first-order chi connectivity index (χ1) is 7.94. The Balaban J connectivity index is 0.00000162. The van der Waals surface area contributed by atoms with Crippen LogP contribution >= 0.6 is 12.4 Å². The molecule has 0 aromatic carbocycles. The third-order valence-corrected chi connectivity index (χ3v) is 3.96. The van der Waals surface area contributed by atoms with Crippen molar-refractivity contribution in [3.8, 4) is 0 Å². The lowest BCUT2D eigenvalue weighted by molar-refractivity contribution is -0.132. The molecule has 2 atom stereocenters. The summed E-state index contributed by atoms with van der Waals surface area (Å²) in [7, 11) is 0. The zero-order chi connectivity index (χ0) is 12.5. The molecule has 2 unspecified atom stereocenters. The maximum Gasteiger partial charge on any atom is 0.222 e. The second kappa shape index (κ2) is 6.25. The van der Waals surface area contributed by atoms with Crippen LogP contribution in [0.4, 0.5) is 0 Å². The van der Waals surface area contributed by atoms with E-state index >= 15 is 0 Å². The fourth-order valence-corrected chi connectivity index (χ4v) is 2.81. The van der Waals surface area contributed by atoms with Gasteiger partial charge in [-0.05, 0) is 31.1 Å². The fourth-order valence-electron chi connectivity index (χ4n) is 2.81. The second-order valence-electron chi connectivity index (χ2n) is 6.83. The number of carbonyl (C=O) groups is 1. The van der Waals surface area contributed by atoms with Crippen LogP contribution < -0.4 is 5.32 Å². The van der Waals surface area contributed by atoms with Crippen LogP contribution in [0.5, 0.6) is 0 Å². The molecule has 0 aromatic rings. The van der Waals surface area contributed by atoms with E-state index in [-0.39, 0.29) is 17.8 Å². The van der Waals surface area contributed by atoms with Gasteiger partial charge in [-0.3, -0.25) is 4.79 Å². The van der Waals surface area contributed by atoms with E-state index in [4.69, 9.17) is 0 Å². The van der Waals surface area contributed by atoms with Gasteiger partial charge in [0.15, 0.2) is 0 Å². The van der Waals surface area contributed by atoms with Gasteiger partial charge >= 0.3 is 0 Å². The third-order valence-electron chi connectivity index (χ3n) is 3.96. The summed E-state index contributed by atoms with van der Waals surface area (Å²) in [6.07, 6.45) is 5.38. The van der Waals surface area contributed by atoms with E-state index in [1.165, 1.54) is 12.8 Å². The van der Waals surface area contributed by atoms with Gasteiger partial charge in [0.05, 0.1) is 0 Å². The van der Waals surface area contributed by atoms with Gasteiger partial charge in [-0.2, -0.15) is 0 Å². The molecule has 4 heteroatoms. The maximum atomic E-state index is 12.2. The molecule has 3 nitrogen and oxygen atoms in total. The van der Waals surface area contributed by atoms with E-state index in [0.29, 0.717) is 24.4 Å². The lowest BCUT2D eigenvalue weighted by Gasteiger charge is -2.26. The molecule has 2 heterocycles. The van der Waals surface area contributed by atoms with Crippen LogP contribution in [0.2, 0.25) is 0 Å². The number of fused-ring (bicyclic) bond motifs is 2. The molecule has 2 aliphatic heterocycles. The monoisotopic (exact) mass is 274 g/mol. The van der Waals surface area contributed by atoms with Crippen molar-refractivity contribution in [3.05, 3.63) is 0 Å². The minimum Gasteiger partial charge on any atom is -0.341 e. The van der Waals surface area contributed by atoms with Crippen LogP contribution in [-0.2, 0) is 4.79 Å². The summed E-state index contributed by atoms with van der Waals surface area (Å²) < 4.78 is 0. The molecule has 2 saturated heterocycles. The molecule has 0 saturated carbocycles. The Morgan fingerprint density at radius 3 is 2.56 bits per heavy atom. The van der Waals surface area contributed by atoms with Crippen molar-refractivity contribution in [2.24, 2.45) is 5.41 Å². The van der Waals surface area contributed by atoms with E-state index in [9.17, 15) is 4.79 Å². The maximum absolute atomic E-state index is 12.2. The molecule has 1 N–H and O–H groups in total. The number of amides is 1. The average molecular weight is 275 g/mol. The minimum atomic E-state index is 0. The second-order valence-corrected chi connectivity index (χ2v) is 6.83. The summed E-state index contributed by atoms with van der Waals surface area (Å²) in [5, 5.41) is 3.62. The number of nitrogens with zero attached hydrogens (tertiary/aromatic N) is 1. The predicted octanol–water partition coefficient (Wildman–Crippen LogP) is 2.59. The highest BCUT2D eigenvalue weighted by Gasteiger charge is 2.31. The summed E-state index contributed by atoms with van der Waals surface area (Å²) in [6, 6.07) is 1.22. The van der Waals surface area contributed by atoms with Crippen molar-refractivity contribution in [1.82, 2.24) is 10.2 Å². The first-order valence-electron chi connectivity index (χ1n) is 6.98. The number of halogens is 1. The van der Waals surface area contributed by atoms with Crippen molar-refractivity contribution in [3.63, 3.8) is 0 Å². The molecule has 106 valence electrons. The third kappa shape index (κ3) is 4.43. The minimum absolute atomic E-state index is 0. The van der Waals surface area contributed by atoms with E-state index in [1.54, 1.807) is 0 Å². The summed E-state index contributed by atoms with van der Waals surface area (Å²) in [6.45, 7) is 8.49. The van der Waals surface area contributed by atoms with Crippen molar-refractivity contribution in [1.29, 1.82) is 0 Å². The molecule has 1 amide bonds. The molecule has 0 aliphatic carbocycles. The lowest BCUT2D eigenvalue weighted by Crippen LogP contribution is -2.39. The first-order valence-corrected chi connectivity index (χ1v) is 6.98. The number of hydrogen-bond acceptors (Lipinski definition) is 2. The van der Waals surface area contributed by atoms with Crippen LogP contribution in [0.25, 0.3) is 0 Å². The number of rotatable bonds is 2. The molecule has 2 bridgehead atoms. The molecule has 2 rings (SSSR count). The van der Waals surface area contributed by atoms with Gasteiger partial charge in [-0.15, -0.1) is 12.4 Å². The zero-order valence-electron chi connectivity index (χ0n) is 11.9. The predicted molar refractivity (Wildman–Crippen MR) is 77.1 cm³/mol. The average Bonchev–Trinajstić information content (AvgIpc) is 2.54. The van der Waals surface area contributed by atoms with E-state index in [1.807, 2.05) is 0 Å². The first kappa shape index (κ1) is 15.8. The van der Waals surface area contributed by atoms with Crippen LogP contribution in [0.1, 0.15) is 52.9 Å². The van der Waals surface area contributed by atoms with Gasteiger partial charge in [0.2, 0.25) is 5.91 Å². The SMILES string of the molecule is CC(C)(C)CCC(=O)N1CCC2CCC(C1)N2.Cl. The smallest absolute Gasteiger partial charge is 0.222 e. The molecule has 18 heavy (non-hydrogen) atoms. The van der Waals surface area contributed by atoms with Crippen molar-refractivity contribution in [2.45, 2.75) is 65.0 Å². The molecular formula is C14H27ClN2O. The lowest BCUT2D eigenvalue weighted by atomic mass is 9.90. The number of carbonyl (C=O) groups excluding carboxylic acids is 1. The highest BCUT2D eigenvalue weighted by molar-refractivity contribution is 5.85. The number of hydrogen-bond donors (Lipinski definition) is 1. The molecule has 2 fully saturated rings. The Morgan fingerprint density at radius 1 is 1.22 bits per heavy atom. The Bertz CT molecular complexity index is 288. The van der Waals surface area contributed by atoms with Gasteiger partial charge in [0, 0.05) is 31.6 Å². The highest BCUT2D eigenvalue weighted by Crippen LogP contribution is 2.24. The Morgan fingerprint density at radius 2 is 1.89 bits per heavy atom. The summed E-state index contributed by atoms with van der Waals surface area (Å²) in [5.74, 6) is 0.356. The molecule has 0 radical (unpaired) electrons. The zero-order valence-corrected chi connectivity index (χ0v) is 12.7. The summed E-state index contributed by atoms with van der Waals surface area (Å²) in [5.41, 5.74) is 0.263. The molecule has 0 spiro atoms. The normalized spacial score (nSPS) is 27.6. The highest BCUT2D eigenvalue weighted by atomic mass is 35.5. The Labute approximate surface area is 117 Å². The standard InChI is InChI=1S/C14H26N2O.ClH/c1-14(2,3)8-6-13(17)16-9-7-11-4-5-12(10-16)15-11;/h11-12,15H,4-10H2,1-3H3;1H. The Hall–Kier alpha value is -0.280. The van der Waals surface area contributed by atoms with Crippen LogP contribution in [-0.4, -0.2) is 36.0 Å². The molecular weight excluding hydrogens is 248 g/mol. The van der Waals surface area contributed by atoms with Crippen molar-refractivity contribution >= 4 is 18.3 Å². The van der Waals surface area contributed by atoms with E-state index in [0.717, 1.165) is 25.9 Å². The number of likely N-dealkylation sites (tertiary alicyclic amines) is 1. The largest absolute Gasteiger partial charge is 0.341 e. The fraction of sp³-hybridized carbons (Fsp3) is 0.929. The van der Waals surface area contributed by atoms with E-state index in [2.05, 4.69) is 31.0 Å². The van der Waals surface area contributed by atoms with Gasteiger partial charge < -0.3 is 10.2 Å². The van der Waals surface area contributed by atoms with Gasteiger partial charge in [-0.25, -0.2) is 0 Å². The number of nitrogens with one attached hydrogen (secondary N) is 1. The van der Waals surface area contributed by atoms with Crippen LogP contribution in [0.3, 0.4) is 0 Å². The van der Waals surface area contributed by atoms with Gasteiger partial charge in [0.25, 0.3) is 0 Å². The Kier molecular flexibility index (Phi) is 5.47. The van der Waals surface area contributed by atoms with E-state index < -0.39 is 0 Å². The molecule has 0 aromatic heterocycles. The van der Waals surface area contributed by atoms with Crippen molar-refractivity contribution in [2.75, 3.05) is 13.1 Å². The summed E-state index contributed by atoms with van der Waals surface area (Å²) >= 11 is 0. The van der Waals surface area contributed by atoms with Crippen LogP contribution in [0.15, 0.2) is 0 Å². The van der Waals surface area contributed by atoms with Gasteiger partial charge in [0.1, 0.15) is 0 Å². The summed E-state index contributed by atoms with van der Waals surface area (Å²) in [4.78, 5) is 14.3.